The molecule has 28 rings (SSSR count). The van der Waals surface area contributed by atoms with Crippen molar-refractivity contribution in [1.29, 1.82) is 0 Å². The summed E-state index contributed by atoms with van der Waals surface area (Å²) in [6.45, 7) is 0. The number of benzene rings is 27. The zero-order valence-electron chi connectivity index (χ0n) is 80.8. The zero-order chi connectivity index (χ0) is 97.5. The molecule has 1 aromatic heterocycles. The van der Waals surface area contributed by atoms with Gasteiger partial charge >= 0.3 is 0 Å². The van der Waals surface area contributed by atoms with Crippen LogP contribution in [0.5, 0.6) is 0 Å². The van der Waals surface area contributed by atoms with E-state index in [2.05, 4.69) is 576 Å². The highest BCUT2D eigenvalue weighted by atomic mass is 16.3. The highest BCUT2D eigenvalue weighted by Crippen LogP contribution is 2.55. The van der Waals surface area contributed by atoms with Crippen molar-refractivity contribution in [2.24, 2.45) is 0 Å². The minimum absolute atomic E-state index is 0.902. The molecule has 0 N–H and O–H groups in total. The average molecular weight is 1870 g/mol. The normalized spacial score (nSPS) is 11.4. The topological polar surface area (TPSA) is 13.1 Å². The van der Waals surface area contributed by atoms with E-state index in [1.807, 2.05) is 6.07 Å². The van der Waals surface area contributed by atoms with Crippen LogP contribution < -0.4 is 0 Å². The van der Waals surface area contributed by atoms with Crippen molar-refractivity contribution in [2.75, 3.05) is 0 Å². The first-order chi connectivity index (χ1) is 73.0. The van der Waals surface area contributed by atoms with Gasteiger partial charge in [0.1, 0.15) is 11.2 Å². The zero-order valence-corrected chi connectivity index (χ0v) is 80.8. The Morgan fingerprint density at radius 1 is 0.0952 bits per heavy atom. The van der Waals surface area contributed by atoms with Crippen LogP contribution in [0.25, 0.3) is 275 Å². The van der Waals surface area contributed by atoms with Crippen LogP contribution in [0.3, 0.4) is 0 Å². The molecule has 1 heterocycles. The van der Waals surface area contributed by atoms with E-state index in [0.29, 0.717) is 0 Å². The molecule has 0 unspecified atom stereocenters. The van der Waals surface area contributed by atoms with Crippen molar-refractivity contribution in [1.82, 2.24) is 0 Å². The Morgan fingerprint density at radius 3 is 0.830 bits per heavy atom. The maximum absolute atomic E-state index is 6.37. The Labute approximate surface area is 855 Å². The molecular weight excluding hydrogens is 1770 g/mol. The molecule has 0 saturated carbocycles. The first-order valence-electron chi connectivity index (χ1n) is 50.7. The van der Waals surface area contributed by atoms with Crippen molar-refractivity contribution >= 4 is 108 Å². The van der Waals surface area contributed by atoms with E-state index in [0.717, 1.165) is 27.5 Å². The maximum atomic E-state index is 6.37. The number of hydrogen-bond donors (Lipinski definition) is 0. The van der Waals surface area contributed by atoms with Crippen LogP contribution in [0.1, 0.15) is 0 Å². The predicted molar refractivity (Wildman–Crippen MR) is 628 cm³/mol. The summed E-state index contributed by atoms with van der Waals surface area (Å²) < 4.78 is 6.37. The molecule has 0 saturated heterocycles. The molecule has 686 valence electrons. The number of para-hydroxylation sites is 1. The number of hydrogen-bond acceptors (Lipinski definition) is 1. The van der Waals surface area contributed by atoms with E-state index in [1.165, 1.54) is 248 Å². The standard InChI is InChI=1S/C54H34O.C48H32.C44H30/c1-4-15-35(16-5-1)38-27-29-44-49(32-38)53(47-34-41(36-17-6-2-7-18-36)31-39-21-10-11-22-42(39)47)45-30-28-40(33-48(45)52(44)37-19-8-3-9-20-37)43-24-14-26-51-54(43)46-23-12-13-25-50(46)55-51;1-4-13-33(14-5-1)39-28-30-44-45(31-39)47(37-18-8-3-9-19-37)43-29-27-40(34-15-6-2-7-16-34)32-46(43)48(44)38-25-23-36(24-26-38)42-22-12-20-35-17-10-11-21-41(35)42;1-5-16-31(17-6-1)35-24-13-25-36(30-35)42-40-29-15-26-37(32-18-7-2-8-19-32)43(40)41(34-22-11-4-12-23-34)39-28-14-27-38(44(39)42)33-20-9-3-10-21-33/h1-34H;1-32H;1-30H. The van der Waals surface area contributed by atoms with Gasteiger partial charge < -0.3 is 4.42 Å². The smallest absolute Gasteiger partial charge is 0.136 e. The highest BCUT2D eigenvalue weighted by Gasteiger charge is 2.27. The van der Waals surface area contributed by atoms with Crippen LogP contribution >= 0.6 is 0 Å². The largest absolute Gasteiger partial charge is 0.456 e. The number of fused-ring (bicyclic) bond motifs is 11. The van der Waals surface area contributed by atoms with Gasteiger partial charge in [-0.1, -0.05) is 528 Å². The molecule has 1 nitrogen and oxygen atoms in total. The monoisotopic (exact) mass is 1860 g/mol. The van der Waals surface area contributed by atoms with Crippen molar-refractivity contribution in [3.8, 4) is 167 Å². The molecule has 0 spiro atoms. The molecule has 1 heteroatoms. The van der Waals surface area contributed by atoms with Crippen molar-refractivity contribution < 1.29 is 4.42 Å². The van der Waals surface area contributed by atoms with Crippen LogP contribution in [0.2, 0.25) is 0 Å². The third-order valence-electron chi connectivity index (χ3n) is 29.6. The Hall–Kier alpha value is -19.2. The van der Waals surface area contributed by atoms with Crippen molar-refractivity contribution in [3.63, 3.8) is 0 Å². The minimum atomic E-state index is 0.902. The Bertz CT molecular complexity index is 9810. The van der Waals surface area contributed by atoms with Crippen molar-refractivity contribution in [2.45, 2.75) is 0 Å². The third kappa shape index (κ3) is 16.5. The van der Waals surface area contributed by atoms with Gasteiger partial charge in [0.05, 0.1) is 0 Å². The number of rotatable bonds is 15. The summed E-state index contributed by atoms with van der Waals surface area (Å²) in [6, 6.07) is 212. The molecule has 0 fully saturated rings. The van der Waals surface area contributed by atoms with E-state index >= 15 is 0 Å². The fourth-order valence-corrected chi connectivity index (χ4v) is 22.8. The molecule has 0 atom stereocenters. The lowest BCUT2D eigenvalue weighted by Crippen LogP contribution is -1.95. The van der Waals surface area contributed by atoms with Gasteiger partial charge in [0.15, 0.2) is 0 Å². The van der Waals surface area contributed by atoms with E-state index < -0.39 is 0 Å². The van der Waals surface area contributed by atoms with Gasteiger partial charge in [0.25, 0.3) is 0 Å². The molecule has 27 aromatic carbocycles. The highest BCUT2D eigenvalue weighted by molar-refractivity contribution is 6.30. The second-order valence-electron chi connectivity index (χ2n) is 38.1. The summed E-state index contributed by atoms with van der Waals surface area (Å²) >= 11 is 0. The van der Waals surface area contributed by atoms with Crippen LogP contribution in [0, 0.1) is 0 Å². The lowest BCUT2D eigenvalue weighted by molar-refractivity contribution is 0.669. The van der Waals surface area contributed by atoms with E-state index in [9.17, 15) is 0 Å². The van der Waals surface area contributed by atoms with Gasteiger partial charge in [-0.2, -0.15) is 0 Å². The molecule has 0 aliphatic carbocycles. The fourth-order valence-electron chi connectivity index (χ4n) is 22.8. The molecule has 28 aromatic rings. The fraction of sp³-hybridized carbons (Fsp3) is 0. The third-order valence-corrected chi connectivity index (χ3v) is 29.6. The summed E-state index contributed by atoms with van der Waals surface area (Å²) in [4.78, 5) is 0. The van der Waals surface area contributed by atoms with Gasteiger partial charge in [0.2, 0.25) is 0 Å². The molecule has 0 aliphatic rings. The average Bonchev–Trinajstić information content (AvgIpc) is 1.15. The molecule has 147 heavy (non-hydrogen) atoms. The Kier molecular flexibility index (Phi) is 23.2. The van der Waals surface area contributed by atoms with Gasteiger partial charge in [-0.05, 0) is 308 Å². The summed E-state index contributed by atoms with van der Waals surface area (Å²) in [7, 11) is 0. The lowest BCUT2D eigenvalue weighted by atomic mass is 9.80. The summed E-state index contributed by atoms with van der Waals surface area (Å²) in [5.74, 6) is 0. The molecular formula is C146H96O. The SMILES string of the molecule is c1ccc(-c2cc(-c3c4ccc(-c5cccc6oc7ccccc7c56)cc4c(-c4ccccc4)c4ccc(-c5ccccc5)cc34)c3ccccc3c2)cc1.c1ccc(-c2ccc3c(-c4ccc(-c5cccc6ccccc56)cc4)c4cc(-c5ccccc5)ccc4c(-c4ccccc4)c3c2)cc1.c1ccc(-c2cccc(-c3c4cccc(-c5ccccc5)c4c(-c4ccccc4)c4cccc(-c5ccccc5)c34)c2)cc1. The minimum Gasteiger partial charge on any atom is -0.456 e. The van der Waals surface area contributed by atoms with Crippen LogP contribution in [-0.2, 0) is 0 Å². The van der Waals surface area contributed by atoms with Gasteiger partial charge in [0, 0.05) is 10.8 Å². The molecule has 0 aliphatic heterocycles. The molecule has 0 amide bonds. The second kappa shape index (κ2) is 38.7. The Balaban J connectivity index is 0.000000113. The van der Waals surface area contributed by atoms with Gasteiger partial charge in [-0.15, -0.1) is 0 Å². The first kappa shape index (κ1) is 88.0. The summed E-state index contributed by atoms with van der Waals surface area (Å²) in [5, 5.41) is 22.3. The summed E-state index contributed by atoms with van der Waals surface area (Å²) in [5.41, 5.74) is 38.5. The van der Waals surface area contributed by atoms with Gasteiger partial charge in [-0.3, -0.25) is 0 Å². The lowest BCUT2D eigenvalue weighted by Gasteiger charge is -2.22. The number of furan rings is 1. The van der Waals surface area contributed by atoms with Crippen LogP contribution in [0.15, 0.2) is 587 Å². The first-order valence-corrected chi connectivity index (χ1v) is 50.7. The predicted octanol–water partition coefficient (Wildman–Crippen LogP) is 41.2. The van der Waals surface area contributed by atoms with E-state index in [-0.39, 0.29) is 0 Å². The Morgan fingerprint density at radius 2 is 0.361 bits per heavy atom. The van der Waals surface area contributed by atoms with Crippen LogP contribution in [-0.4, -0.2) is 0 Å². The van der Waals surface area contributed by atoms with Gasteiger partial charge in [-0.25, -0.2) is 0 Å². The maximum Gasteiger partial charge on any atom is 0.136 e. The van der Waals surface area contributed by atoms with Crippen LogP contribution in [0.4, 0.5) is 0 Å². The van der Waals surface area contributed by atoms with E-state index in [1.54, 1.807) is 0 Å². The summed E-state index contributed by atoms with van der Waals surface area (Å²) in [6.07, 6.45) is 0. The van der Waals surface area contributed by atoms with Crippen molar-refractivity contribution in [3.05, 3.63) is 582 Å². The van der Waals surface area contributed by atoms with E-state index in [4.69, 9.17) is 4.42 Å². The molecule has 0 radical (unpaired) electrons. The second-order valence-corrected chi connectivity index (χ2v) is 38.1. The quantitative estimate of drug-likeness (QED) is 0.0933. The molecule has 0 bridgehead atoms.